The van der Waals surface area contributed by atoms with Crippen molar-refractivity contribution >= 4 is 22.2 Å². The van der Waals surface area contributed by atoms with E-state index in [4.69, 9.17) is 15.5 Å². The molecule has 0 fully saturated rings. The van der Waals surface area contributed by atoms with Gasteiger partial charge in [-0.05, 0) is 48.5 Å². The smallest absolute Gasteiger partial charge is 0.146 e. The monoisotopic (exact) mass is 403 g/mol. The topological polar surface area (TPSA) is 60.5 Å². The second-order valence-corrected chi connectivity index (χ2v) is 7.25. The van der Waals surface area contributed by atoms with E-state index >= 15 is 0 Å². The Morgan fingerprint density at radius 1 is 0.931 bits per heavy atom. The molecule has 2 N–H and O–H groups in total. The van der Waals surface area contributed by atoms with Gasteiger partial charge in [0, 0.05) is 16.7 Å². The molecule has 4 nitrogen and oxygen atoms in total. The highest BCUT2D eigenvalue weighted by atomic mass is 32.1. The largest absolute Gasteiger partial charge is 0.497 e. The Kier molecular flexibility index (Phi) is 5.35. The number of benzene rings is 3. The average molecular weight is 403 g/mol. The number of hydrogen-bond donors (Lipinski definition) is 1. The van der Waals surface area contributed by atoms with Gasteiger partial charge in [-0.2, -0.15) is 0 Å². The van der Waals surface area contributed by atoms with Gasteiger partial charge in [0.25, 0.3) is 0 Å². The number of nitrogens with zero attached hydrogens (tertiary/aromatic N) is 2. The van der Waals surface area contributed by atoms with E-state index in [0.717, 1.165) is 27.6 Å². The van der Waals surface area contributed by atoms with Crippen molar-refractivity contribution < 1.29 is 9.13 Å². The first-order valence-corrected chi connectivity index (χ1v) is 9.76. The molecular weight excluding hydrogens is 385 g/mol. The fraction of sp³-hybridized carbons (Fsp3) is 0.0435. The van der Waals surface area contributed by atoms with Gasteiger partial charge in [0.05, 0.1) is 7.11 Å². The molecule has 29 heavy (non-hydrogen) atoms. The minimum Gasteiger partial charge on any atom is -0.497 e. The van der Waals surface area contributed by atoms with Gasteiger partial charge < -0.3 is 10.5 Å². The maximum Gasteiger partial charge on any atom is 0.146 e. The molecule has 0 atom stereocenters. The van der Waals surface area contributed by atoms with E-state index < -0.39 is 0 Å². The van der Waals surface area contributed by atoms with E-state index in [0.29, 0.717) is 16.4 Å². The zero-order valence-electron chi connectivity index (χ0n) is 15.7. The molecule has 6 heteroatoms. The first-order valence-electron chi connectivity index (χ1n) is 8.95. The summed E-state index contributed by atoms with van der Waals surface area (Å²) >= 11 is 1.45. The predicted octanol–water partition coefficient (Wildman–Crippen LogP) is 5.66. The third-order valence-electron chi connectivity index (χ3n) is 4.36. The molecule has 0 aliphatic carbocycles. The number of nitrogens with two attached hydrogens (primary N) is 1. The predicted molar refractivity (Wildman–Crippen MR) is 116 cm³/mol. The second kappa shape index (κ2) is 8.24. The van der Waals surface area contributed by atoms with E-state index in [2.05, 4.69) is 4.99 Å². The molecule has 0 unspecified atom stereocenters. The van der Waals surface area contributed by atoms with Crippen LogP contribution in [0.25, 0.3) is 21.8 Å². The molecule has 0 saturated carbocycles. The lowest BCUT2D eigenvalue weighted by atomic mass is 10.1. The van der Waals surface area contributed by atoms with E-state index in [1.165, 1.54) is 23.5 Å². The van der Waals surface area contributed by atoms with Gasteiger partial charge in [-0.15, -0.1) is 0 Å². The number of thiazole rings is 1. The van der Waals surface area contributed by atoms with E-state index in [9.17, 15) is 4.39 Å². The van der Waals surface area contributed by atoms with E-state index in [1.807, 2.05) is 54.6 Å². The quantitative estimate of drug-likeness (QED) is 0.345. The number of aromatic nitrogens is 1. The molecule has 4 rings (SSSR count). The lowest BCUT2D eigenvalue weighted by molar-refractivity contribution is 0.415. The molecule has 0 saturated heterocycles. The summed E-state index contributed by atoms with van der Waals surface area (Å²) < 4.78 is 18.4. The molecule has 0 bridgehead atoms. The second-order valence-electron chi connectivity index (χ2n) is 6.27. The van der Waals surface area contributed by atoms with Crippen molar-refractivity contribution in [3.63, 3.8) is 0 Å². The number of amidine groups is 1. The molecule has 144 valence electrons. The van der Waals surface area contributed by atoms with Crippen LogP contribution in [0.4, 0.5) is 9.39 Å². The van der Waals surface area contributed by atoms with Crippen molar-refractivity contribution in [2.45, 2.75) is 0 Å². The van der Waals surface area contributed by atoms with Gasteiger partial charge in [-0.1, -0.05) is 41.7 Å². The first kappa shape index (κ1) is 18.8. The minimum absolute atomic E-state index is 0.312. The Bertz CT molecular complexity index is 1140. The molecule has 0 radical (unpaired) electrons. The van der Waals surface area contributed by atoms with Crippen molar-refractivity contribution in [3.8, 4) is 27.6 Å². The summed E-state index contributed by atoms with van der Waals surface area (Å²) in [5.41, 5.74) is 9.53. The summed E-state index contributed by atoms with van der Waals surface area (Å²) in [5.74, 6) is 0.783. The van der Waals surface area contributed by atoms with Gasteiger partial charge in [0.15, 0.2) is 0 Å². The molecular formula is C23H18FN3OS. The molecule has 0 aliphatic heterocycles. The molecule has 0 amide bonds. The number of rotatable bonds is 5. The fourth-order valence-corrected chi connectivity index (χ4v) is 3.80. The molecule has 1 aromatic heterocycles. The summed E-state index contributed by atoms with van der Waals surface area (Å²) in [6.07, 6.45) is 0. The van der Waals surface area contributed by atoms with Crippen LogP contribution in [-0.4, -0.2) is 17.9 Å². The van der Waals surface area contributed by atoms with Crippen molar-refractivity contribution in [1.29, 1.82) is 0 Å². The van der Waals surface area contributed by atoms with Crippen LogP contribution in [0.1, 0.15) is 5.56 Å². The van der Waals surface area contributed by atoms with Crippen LogP contribution in [0, 0.1) is 5.82 Å². The maximum atomic E-state index is 13.2. The Morgan fingerprint density at radius 3 is 2.28 bits per heavy atom. The minimum atomic E-state index is -0.314. The zero-order chi connectivity index (χ0) is 20.2. The molecule has 0 spiro atoms. The Balaban J connectivity index is 1.79. The van der Waals surface area contributed by atoms with E-state index in [-0.39, 0.29) is 5.82 Å². The Labute approximate surface area is 172 Å². The summed E-state index contributed by atoms with van der Waals surface area (Å²) in [7, 11) is 1.64. The van der Waals surface area contributed by atoms with Crippen LogP contribution in [0.2, 0.25) is 0 Å². The standard InChI is InChI=1S/C23H18FN3OS/c1-28-19-13-9-17(10-14-19)22-26-20(15-5-3-2-4-6-15)23(29-22)27-21(25)16-7-11-18(24)12-8-16/h2-14H,1H3,(H2,25,27). The van der Waals surface area contributed by atoms with E-state index in [1.54, 1.807) is 19.2 Å². The number of halogens is 1. The SMILES string of the molecule is COc1ccc(-c2nc(-c3ccccc3)c(/N=C(\N)c3ccc(F)cc3)s2)cc1. The Morgan fingerprint density at radius 2 is 1.62 bits per heavy atom. The van der Waals surface area contributed by atoms with Gasteiger partial charge in [0.1, 0.15) is 33.1 Å². The van der Waals surface area contributed by atoms with Crippen molar-refractivity contribution in [2.24, 2.45) is 10.7 Å². The lowest BCUT2D eigenvalue weighted by Gasteiger charge is -2.02. The fourth-order valence-electron chi connectivity index (χ4n) is 2.82. The molecule has 3 aromatic carbocycles. The average Bonchev–Trinajstić information content (AvgIpc) is 3.18. The van der Waals surface area contributed by atoms with Crippen LogP contribution in [0.5, 0.6) is 5.75 Å². The highest BCUT2D eigenvalue weighted by Crippen LogP contribution is 2.40. The summed E-state index contributed by atoms with van der Waals surface area (Å²) in [5, 5.41) is 1.53. The summed E-state index contributed by atoms with van der Waals surface area (Å²) in [6.45, 7) is 0. The molecule has 0 aliphatic rings. The van der Waals surface area contributed by atoms with Gasteiger partial charge in [-0.3, -0.25) is 0 Å². The van der Waals surface area contributed by atoms with Crippen LogP contribution in [-0.2, 0) is 0 Å². The Hall–Kier alpha value is -3.51. The lowest BCUT2D eigenvalue weighted by Crippen LogP contribution is -2.12. The van der Waals surface area contributed by atoms with Crippen molar-refractivity contribution in [3.05, 3.63) is 90.2 Å². The molecule has 4 aromatic rings. The van der Waals surface area contributed by atoms with Gasteiger partial charge in [-0.25, -0.2) is 14.4 Å². The van der Waals surface area contributed by atoms with Gasteiger partial charge in [0.2, 0.25) is 0 Å². The van der Waals surface area contributed by atoms with Crippen LogP contribution in [0.3, 0.4) is 0 Å². The zero-order valence-corrected chi connectivity index (χ0v) is 16.5. The van der Waals surface area contributed by atoms with Crippen LogP contribution < -0.4 is 10.5 Å². The van der Waals surface area contributed by atoms with Crippen LogP contribution >= 0.6 is 11.3 Å². The van der Waals surface area contributed by atoms with Crippen molar-refractivity contribution in [1.82, 2.24) is 4.98 Å². The number of ether oxygens (including phenoxy) is 1. The number of aliphatic imine (C=N–C) groups is 1. The number of hydrogen-bond acceptors (Lipinski definition) is 4. The summed E-state index contributed by atoms with van der Waals surface area (Å²) in [4.78, 5) is 9.44. The van der Waals surface area contributed by atoms with Crippen LogP contribution in [0.15, 0.2) is 83.9 Å². The third-order valence-corrected chi connectivity index (χ3v) is 5.35. The normalized spacial score (nSPS) is 11.4. The van der Waals surface area contributed by atoms with Gasteiger partial charge >= 0.3 is 0 Å². The third kappa shape index (κ3) is 4.17. The highest BCUT2D eigenvalue weighted by Gasteiger charge is 2.15. The maximum absolute atomic E-state index is 13.2. The summed E-state index contributed by atoms with van der Waals surface area (Å²) in [6, 6.07) is 23.5. The molecule has 1 heterocycles. The first-order chi connectivity index (χ1) is 14.1. The number of methoxy groups -OCH3 is 1. The highest BCUT2D eigenvalue weighted by molar-refractivity contribution is 7.19. The van der Waals surface area contributed by atoms with Crippen molar-refractivity contribution in [2.75, 3.05) is 7.11 Å².